The van der Waals surface area contributed by atoms with Crippen LogP contribution in [0.5, 0.6) is 0 Å². The van der Waals surface area contributed by atoms with Crippen LogP contribution in [0, 0.1) is 0 Å². The summed E-state index contributed by atoms with van der Waals surface area (Å²) < 4.78 is 5.22. The van der Waals surface area contributed by atoms with Crippen molar-refractivity contribution in [3.8, 4) is 0 Å². The van der Waals surface area contributed by atoms with Gasteiger partial charge in [-0.05, 0) is 19.8 Å². The van der Waals surface area contributed by atoms with Crippen LogP contribution in [0.3, 0.4) is 0 Å². The molecule has 6 heteroatoms. The lowest BCUT2D eigenvalue weighted by Gasteiger charge is -2.29. The first-order valence-electron chi connectivity index (χ1n) is 6.95. The van der Waals surface area contributed by atoms with E-state index in [9.17, 15) is 9.59 Å². The fourth-order valence-electron chi connectivity index (χ4n) is 2.18. The number of likely N-dealkylation sites (N-methyl/N-ethyl adjacent to an activating group) is 1. The Morgan fingerprint density at radius 2 is 2.00 bits per heavy atom. The molecule has 2 fully saturated rings. The van der Waals surface area contributed by atoms with Gasteiger partial charge in [-0.3, -0.25) is 14.9 Å². The van der Waals surface area contributed by atoms with Crippen molar-refractivity contribution >= 4 is 11.8 Å². The Balaban J connectivity index is 1.71. The van der Waals surface area contributed by atoms with E-state index in [4.69, 9.17) is 4.74 Å². The van der Waals surface area contributed by atoms with Gasteiger partial charge in [-0.15, -0.1) is 0 Å². The zero-order chi connectivity index (χ0) is 13.8. The standard InChI is InChI=1S/C13H23N3O3/c1-10(13(18)16-5-7-19-8-6-16)14-9-12(17)15(2)11-3-4-11/h10-11,14H,3-9H2,1-2H3. The summed E-state index contributed by atoms with van der Waals surface area (Å²) in [5, 5.41) is 3.02. The molecular weight excluding hydrogens is 246 g/mol. The highest BCUT2D eigenvalue weighted by molar-refractivity contribution is 5.83. The molecule has 1 saturated carbocycles. The van der Waals surface area contributed by atoms with Crippen LogP contribution < -0.4 is 5.32 Å². The van der Waals surface area contributed by atoms with Crippen LogP contribution >= 0.6 is 0 Å². The topological polar surface area (TPSA) is 61.9 Å². The molecule has 6 nitrogen and oxygen atoms in total. The van der Waals surface area contributed by atoms with Crippen LogP contribution in [0.4, 0.5) is 0 Å². The first kappa shape index (κ1) is 14.3. The van der Waals surface area contributed by atoms with Crippen LogP contribution in [-0.4, -0.2) is 73.6 Å². The molecule has 0 bridgehead atoms. The zero-order valence-electron chi connectivity index (χ0n) is 11.7. The summed E-state index contributed by atoms with van der Waals surface area (Å²) in [7, 11) is 1.83. The van der Waals surface area contributed by atoms with Gasteiger partial charge in [0.15, 0.2) is 0 Å². The predicted octanol–water partition coefficient (Wildman–Crippen LogP) is -0.556. The molecule has 1 heterocycles. The molecule has 0 radical (unpaired) electrons. The molecule has 0 aromatic heterocycles. The van der Waals surface area contributed by atoms with Crippen molar-refractivity contribution in [2.75, 3.05) is 39.9 Å². The van der Waals surface area contributed by atoms with Crippen molar-refractivity contribution in [3.63, 3.8) is 0 Å². The summed E-state index contributed by atoms with van der Waals surface area (Å²) in [6.45, 7) is 4.51. The number of morpholine rings is 1. The van der Waals surface area contributed by atoms with Crippen LogP contribution in [0.25, 0.3) is 0 Å². The molecule has 108 valence electrons. The highest BCUT2D eigenvalue weighted by Crippen LogP contribution is 2.25. The van der Waals surface area contributed by atoms with E-state index >= 15 is 0 Å². The van der Waals surface area contributed by atoms with E-state index in [0.29, 0.717) is 32.3 Å². The second-order valence-electron chi connectivity index (χ2n) is 5.28. The number of nitrogens with zero attached hydrogens (tertiary/aromatic N) is 2. The van der Waals surface area contributed by atoms with Gasteiger partial charge in [0, 0.05) is 26.2 Å². The average molecular weight is 269 g/mol. The lowest BCUT2D eigenvalue weighted by molar-refractivity contribution is -0.137. The molecule has 1 N–H and O–H groups in total. The molecule has 1 saturated heterocycles. The van der Waals surface area contributed by atoms with Crippen molar-refractivity contribution in [3.05, 3.63) is 0 Å². The molecule has 1 atom stereocenters. The fourth-order valence-corrected chi connectivity index (χ4v) is 2.18. The minimum Gasteiger partial charge on any atom is -0.378 e. The van der Waals surface area contributed by atoms with Gasteiger partial charge in [0.2, 0.25) is 11.8 Å². The van der Waals surface area contributed by atoms with E-state index in [-0.39, 0.29) is 24.4 Å². The SMILES string of the molecule is CC(NCC(=O)N(C)C1CC1)C(=O)N1CCOCC1. The summed E-state index contributed by atoms with van der Waals surface area (Å²) >= 11 is 0. The van der Waals surface area contributed by atoms with Gasteiger partial charge in [0.05, 0.1) is 25.8 Å². The molecule has 1 aliphatic heterocycles. The number of nitrogens with one attached hydrogen (secondary N) is 1. The largest absolute Gasteiger partial charge is 0.378 e. The number of carbonyl (C=O) groups excluding carboxylic acids is 2. The minimum atomic E-state index is -0.324. The van der Waals surface area contributed by atoms with Gasteiger partial charge in [0.1, 0.15) is 0 Å². The van der Waals surface area contributed by atoms with Gasteiger partial charge in [-0.2, -0.15) is 0 Å². The third kappa shape index (κ3) is 3.91. The lowest BCUT2D eigenvalue weighted by Crippen LogP contribution is -2.51. The Hall–Kier alpha value is -1.14. The number of rotatable bonds is 5. The maximum absolute atomic E-state index is 12.1. The van der Waals surface area contributed by atoms with Crippen molar-refractivity contribution in [2.45, 2.75) is 31.8 Å². The van der Waals surface area contributed by atoms with Crippen LogP contribution in [0.1, 0.15) is 19.8 Å². The van der Waals surface area contributed by atoms with E-state index < -0.39 is 0 Å². The van der Waals surface area contributed by atoms with E-state index in [2.05, 4.69) is 5.32 Å². The maximum Gasteiger partial charge on any atom is 0.239 e. The smallest absolute Gasteiger partial charge is 0.239 e. The van der Waals surface area contributed by atoms with E-state index in [1.54, 1.807) is 9.80 Å². The van der Waals surface area contributed by atoms with Gasteiger partial charge in [-0.1, -0.05) is 0 Å². The highest BCUT2D eigenvalue weighted by Gasteiger charge is 2.30. The first-order chi connectivity index (χ1) is 9.09. The number of ether oxygens (including phenoxy) is 1. The van der Waals surface area contributed by atoms with Gasteiger partial charge < -0.3 is 14.5 Å². The summed E-state index contributed by atoms with van der Waals surface area (Å²) in [6.07, 6.45) is 2.20. The minimum absolute atomic E-state index is 0.0465. The molecular formula is C13H23N3O3. The first-order valence-corrected chi connectivity index (χ1v) is 6.95. The van der Waals surface area contributed by atoms with Crippen LogP contribution in [0.2, 0.25) is 0 Å². The molecule has 1 unspecified atom stereocenters. The molecule has 1 aliphatic carbocycles. The van der Waals surface area contributed by atoms with Crippen LogP contribution in [0.15, 0.2) is 0 Å². The monoisotopic (exact) mass is 269 g/mol. The summed E-state index contributed by atoms with van der Waals surface area (Å²) in [5.74, 6) is 0.106. The van der Waals surface area contributed by atoms with E-state index in [1.165, 1.54) is 0 Å². The third-order valence-electron chi connectivity index (χ3n) is 3.74. The predicted molar refractivity (Wildman–Crippen MR) is 70.7 cm³/mol. The van der Waals surface area contributed by atoms with Crippen molar-refractivity contribution in [1.82, 2.24) is 15.1 Å². The Bertz CT molecular complexity index is 338. The summed E-state index contributed by atoms with van der Waals surface area (Å²) in [4.78, 5) is 27.5. The van der Waals surface area contributed by atoms with Crippen molar-refractivity contribution in [1.29, 1.82) is 0 Å². The molecule has 0 spiro atoms. The van der Waals surface area contributed by atoms with Gasteiger partial charge in [0.25, 0.3) is 0 Å². The Kier molecular flexibility index (Phi) is 4.76. The maximum atomic E-state index is 12.1. The molecule has 2 amide bonds. The molecule has 2 aliphatic rings. The second-order valence-corrected chi connectivity index (χ2v) is 5.28. The molecule has 0 aromatic rings. The van der Waals surface area contributed by atoms with Crippen molar-refractivity contribution < 1.29 is 14.3 Å². The van der Waals surface area contributed by atoms with E-state index in [0.717, 1.165) is 12.8 Å². The third-order valence-corrected chi connectivity index (χ3v) is 3.74. The fraction of sp³-hybridized carbons (Fsp3) is 0.846. The number of hydrogen-bond acceptors (Lipinski definition) is 4. The Morgan fingerprint density at radius 3 is 2.58 bits per heavy atom. The molecule has 19 heavy (non-hydrogen) atoms. The van der Waals surface area contributed by atoms with Gasteiger partial charge >= 0.3 is 0 Å². The molecule has 0 aromatic carbocycles. The highest BCUT2D eigenvalue weighted by atomic mass is 16.5. The zero-order valence-corrected chi connectivity index (χ0v) is 11.7. The average Bonchev–Trinajstić information content (AvgIpc) is 3.28. The lowest BCUT2D eigenvalue weighted by atomic mass is 10.2. The summed E-state index contributed by atoms with van der Waals surface area (Å²) in [5.41, 5.74) is 0. The number of carbonyl (C=O) groups is 2. The Labute approximate surface area is 114 Å². The number of amides is 2. The normalized spacial score (nSPS) is 21.1. The number of hydrogen-bond donors (Lipinski definition) is 1. The summed E-state index contributed by atoms with van der Waals surface area (Å²) in [6, 6.07) is 0.0919. The second kappa shape index (κ2) is 6.34. The van der Waals surface area contributed by atoms with Crippen LogP contribution in [-0.2, 0) is 14.3 Å². The quantitative estimate of drug-likeness (QED) is 0.727. The molecule has 2 rings (SSSR count). The van der Waals surface area contributed by atoms with Gasteiger partial charge in [-0.25, -0.2) is 0 Å². The van der Waals surface area contributed by atoms with Crippen molar-refractivity contribution in [2.24, 2.45) is 0 Å². The van der Waals surface area contributed by atoms with E-state index in [1.807, 2.05) is 14.0 Å². The Morgan fingerprint density at radius 1 is 1.37 bits per heavy atom.